The van der Waals surface area contributed by atoms with Gasteiger partial charge in [0.15, 0.2) is 0 Å². The van der Waals surface area contributed by atoms with E-state index in [9.17, 15) is 0 Å². The maximum absolute atomic E-state index is 3.73. The van der Waals surface area contributed by atoms with Gasteiger partial charge in [0, 0.05) is 22.4 Å². The van der Waals surface area contributed by atoms with Crippen molar-refractivity contribution in [1.29, 1.82) is 0 Å². The van der Waals surface area contributed by atoms with Crippen LogP contribution in [0.25, 0.3) is 44.2 Å². The second-order valence-corrected chi connectivity index (χ2v) is 10.7. The maximum Gasteiger partial charge on any atom is 0.0467 e. The van der Waals surface area contributed by atoms with Gasteiger partial charge in [-0.05, 0) is 67.9 Å². The minimum atomic E-state index is 0.000439. The zero-order chi connectivity index (χ0) is 25.7. The highest BCUT2D eigenvalue weighted by Gasteiger charge is 2.36. The number of anilines is 2. The van der Waals surface area contributed by atoms with Gasteiger partial charge in [-0.2, -0.15) is 0 Å². The lowest BCUT2D eigenvalue weighted by atomic mass is 9.82. The Bertz CT molecular complexity index is 1790. The van der Waals surface area contributed by atoms with Crippen LogP contribution < -0.4 is 5.32 Å². The molecule has 0 saturated heterocycles. The second kappa shape index (κ2) is 8.75. The molecule has 38 heavy (non-hydrogen) atoms. The van der Waals surface area contributed by atoms with Crippen LogP contribution in [0.3, 0.4) is 0 Å². The zero-order valence-corrected chi connectivity index (χ0v) is 21.7. The number of nitrogens with one attached hydrogen (secondary N) is 1. The smallest absolute Gasteiger partial charge is 0.0467 e. The Balaban J connectivity index is 1.25. The lowest BCUT2D eigenvalue weighted by Crippen LogP contribution is -2.14. The number of benzene rings is 6. The van der Waals surface area contributed by atoms with Crippen LogP contribution in [-0.4, -0.2) is 0 Å². The van der Waals surface area contributed by atoms with E-state index in [-0.39, 0.29) is 5.41 Å². The van der Waals surface area contributed by atoms with E-state index in [1.54, 1.807) is 0 Å². The summed E-state index contributed by atoms with van der Waals surface area (Å²) in [7, 11) is 0. The first-order valence-electron chi connectivity index (χ1n) is 13.3. The van der Waals surface area contributed by atoms with Crippen molar-refractivity contribution in [2.45, 2.75) is 19.3 Å². The molecule has 1 aliphatic rings. The molecule has 0 fully saturated rings. The molecule has 1 nitrogen and oxygen atoms in total. The van der Waals surface area contributed by atoms with Gasteiger partial charge in [0.05, 0.1) is 0 Å². The first-order chi connectivity index (χ1) is 18.6. The summed E-state index contributed by atoms with van der Waals surface area (Å²) in [5, 5.41) is 6.28. The Kier molecular flexibility index (Phi) is 5.19. The molecule has 0 bridgehead atoms. The molecule has 0 radical (unpaired) electrons. The van der Waals surface area contributed by atoms with Gasteiger partial charge in [0.25, 0.3) is 0 Å². The fraction of sp³-hybridized carbons (Fsp3) is 0.0811. The largest absolute Gasteiger partial charge is 0.355 e. The number of hydrogen-bond donors (Lipinski definition) is 1. The fourth-order valence-electron chi connectivity index (χ4n) is 6.17. The first kappa shape index (κ1) is 22.6. The van der Waals surface area contributed by atoms with Crippen molar-refractivity contribution in [2.75, 3.05) is 5.32 Å². The summed E-state index contributed by atoms with van der Waals surface area (Å²) in [5.41, 5.74) is 12.7. The van der Waals surface area contributed by atoms with Crippen LogP contribution in [0, 0.1) is 0 Å². The second-order valence-electron chi connectivity index (χ2n) is 10.7. The van der Waals surface area contributed by atoms with Crippen molar-refractivity contribution in [2.24, 2.45) is 0 Å². The van der Waals surface area contributed by atoms with Gasteiger partial charge in [0.1, 0.15) is 0 Å². The van der Waals surface area contributed by atoms with Crippen LogP contribution in [-0.2, 0) is 5.41 Å². The molecule has 6 aromatic rings. The molecule has 0 aliphatic heterocycles. The third kappa shape index (κ3) is 3.55. The first-order valence-corrected chi connectivity index (χ1v) is 13.3. The molecule has 0 saturated carbocycles. The molecule has 0 spiro atoms. The highest BCUT2D eigenvalue weighted by molar-refractivity contribution is 6.05. The molecule has 6 aromatic carbocycles. The molecular formula is C37H29N. The Labute approximate surface area is 224 Å². The molecule has 1 N–H and O–H groups in total. The standard InChI is InChI=1S/C37H29N/c1-37(2)33-16-9-8-15-32(33)36-34(37)17-10-18-35(36)38-27-21-19-26(20-22-27)29-24-23-28(25-11-4-3-5-12-25)30-13-6-7-14-31(29)30/h3-24,38H,1-2H3. The van der Waals surface area contributed by atoms with E-state index in [1.165, 1.54) is 55.3 Å². The maximum atomic E-state index is 3.73. The van der Waals surface area contributed by atoms with E-state index in [4.69, 9.17) is 0 Å². The van der Waals surface area contributed by atoms with E-state index >= 15 is 0 Å². The fourth-order valence-corrected chi connectivity index (χ4v) is 6.17. The van der Waals surface area contributed by atoms with Gasteiger partial charge < -0.3 is 5.32 Å². The van der Waals surface area contributed by atoms with Gasteiger partial charge in [-0.3, -0.25) is 0 Å². The summed E-state index contributed by atoms with van der Waals surface area (Å²) in [6.07, 6.45) is 0. The monoisotopic (exact) mass is 487 g/mol. The predicted molar refractivity (Wildman–Crippen MR) is 162 cm³/mol. The lowest BCUT2D eigenvalue weighted by molar-refractivity contribution is 0.660. The van der Waals surface area contributed by atoms with Crippen molar-refractivity contribution in [3.8, 4) is 33.4 Å². The van der Waals surface area contributed by atoms with Crippen LogP contribution in [0.5, 0.6) is 0 Å². The number of fused-ring (bicyclic) bond motifs is 4. The predicted octanol–water partition coefficient (Wildman–Crippen LogP) is 10.2. The van der Waals surface area contributed by atoms with Crippen molar-refractivity contribution < 1.29 is 0 Å². The van der Waals surface area contributed by atoms with Gasteiger partial charge in [0.2, 0.25) is 0 Å². The molecule has 0 atom stereocenters. The molecule has 1 heteroatoms. The van der Waals surface area contributed by atoms with Crippen molar-refractivity contribution in [3.05, 3.63) is 145 Å². The molecular weight excluding hydrogens is 458 g/mol. The average molecular weight is 488 g/mol. The number of hydrogen-bond acceptors (Lipinski definition) is 1. The van der Waals surface area contributed by atoms with E-state index in [0.717, 1.165) is 11.4 Å². The van der Waals surface area contributed by atoms with Crippen LogP contribution in [0.2, 0.25) is 0 Å². The molecule has 182 valence electrons. The van der Waals surface area contributed by atoms with Gasteiger partial charge >= 0.3 is 0 Å². The summed E-state index contributed by atoms with van der Waals surface area (Å²) in [6, 6.07) is 48.2. The van der Waals surface area contributed by atoms with Crippen molar-refractivity contribution in [1.82, 2.24) is 0 Å². The van der Waals surface area contributed by atoms with E-state index in [1.807, 2.05) is 0 Å². The Morgan fingerprint density at radius 2 is 1.03 bits per heavy atom. The minimum absolute atomic E-state index is 0.000439. The Hall–Kier alpha value is -4.62. The quantitative estimate of drug-likeness (QED) is 0.261. The Morgan fingerprint density at radius 1 is 0.447 bits per heavy atom. The van der Waals surface area contributed by atoms with E-state index in [0.29, 0.717) is 0 Å². The van der Waals surface area contributed by atoms with E-state index < -0.39 is 0 Å². The van der Waals surface area contributed by atoms with Crippen molar-refractivity contribution >= 4 is 22.1 Å². The van der Waals surface area contributed by atoms with Crippen LogP contribution in [0.1, 0.15) is 25.0 Å². The summed E-state index contributed by atoms with van der Waals surface area (Å²) < 4.78 is 0. The molecule has 7 rings (SSSR count). The zero-order valence-electron chi connectivity index (χ0n) is 21.7. The Morgan fingerprint density at radius 3 is 1.74 bits per heavy atom. The van der Waals surface area contributed by atoms with Gasteiger partial charge in [-0.1, -0.05) is 129 Å². The summed E-state index contributed by atoms with van der Waals surface area (Å²) >= 11 is 0. The van der Waals surface area contributed by atoms with Crippen LogP contribution >= 0.6 is 0 Å². The van der Waals surface area contributed by atoms with Gasteiger partial charge in [-0.15, -0.1) is 0 Å². The third-order valence-corrected chi connectivity index (χ3v) is 8.09. The molecule has 1 aliphatic carbocycles. The molecule has 0 unspecified atom stereocenters. The summed E-state index contributed by atoms with van der Waals surface area (Å²) in [6.45, 7) is 4.65. The minimum Gasteiger partial charge on any atom is -0.355 e. The number of rotatable bonds is 4. The summed E-state index contributed by atoms with van der Waals surface area (Å²) in [4.78, 5) is 0. The van der Waals surface area contributed by atoms with E-state index in [2.05, 4.69) is 153 Å². The van der Waals surface area contributed by atoms with Gasteiger partial charge in [-0.25, -0.2) is 0 Å². The average Bonchev–Trinajstić information content (AvgIpc) is 3.21. The molecule has 0 amide bonds. The van der Waals surface area contributed by atoms with Crippen LogP contribution in [0.4, 0.5) is 11.4 Å². The third-order valence-electron chi connectivity index (χ3n) is 8.09. The van der Waals surface area contributed by atoms with Crippen molar-refractivity contribution in [3.63, 3.8) is 0 Å². The molecule has 0 heterocycles. The normalized spacial score (nSPS) is 13.2. The highest BCUT2D eigenvalue weighted by Crippen LogP contribution is 2.51. The topological polar surface area (TPSA) is 12.0 Å². The highest BCUT2D eigenvalue weighted by atomic mass is 14.9. The molecule has 0 aromatic heterocycles. The van der Waals surface area contributed by atoms with Crippen LogP contribution in [0.15, 0.2) is 133 Å². The lowest BCUT2D eigenvalue weighted by Gasteiger charge is -2.21. The summed E-state index contributed by atoms with van der Waals surface area (Å²) in [5.74, 6) is 0. The SMILES string of the molecule is CC1(C)c2ccccc2-c2c(Nc3ccc(-c4ccc(-c5ccccc5)c5ccccc45)cc3)cccc21.